The fourth-order valence-electron chi connectivity index (χ4n) is 1.66. The Kier molecular flexibility index (Phi) is 3.29. The van der Waals surface area contributed by atoms with Crippen molar-refractivity contribution < 1.29 is 5.11 Å². The van der Waals surface area contributed by atoms with Crippen LogP contribution >= 0.6 is 15.9 Å². The highest BCUT2D eigenvalue weighted by Gasteiger charge is 2.20. The molecular formula is C11H16BrN5O. The molecular weight excluding hydrogens is 298 g/mol. The van der Waals surface area contributed by atoms with Crippen LogP contribution in [0.4, 0.5) is 0 Å². The second-order valence-electron chi connectivity index (χ2n) is 4.83. The van der Waals surface area contributed by atoms with E-state index in [0.29, 0.717) is 12.2 Å². The summed E-state index contributed by atoms with van der Waals surface area (Å²) in [7, 11) is 1.89. The third-order valence-corrected chi connectivity index (χ3v) is 3.77. The lowest BCUT2D eigenvalue weighted by Gasteiger charge is -2.11. The summed E-state index contributed by atoms with van der Waals surface area (Å²) in [6.45, 7) is 5.87. The topological polar surface area (TPSA) is 68.8 Å². The molecule has 0 saturated carbocycles. The van der Waals surface area contributed by atoms with Crippen molar-refractivity contribution in [2.24, 2.45) is 7.05 Å². The van der Waals surface area contributed by atoms with Crippen molar-refractivity contribution in [1.29, 1.82) is 0 Å². The van der Waals surface area contributed by atoms with Crippen LogP contribution in [-0.2, 0) is 19.2 Å². The molecule has 0 spiro atoms. The van der Waals surface area contributed by atoms with Crippen LogP contribution in [0.15, 0.2) is 10.7 Å². The Bertz CT molecular complexity index is 566. The Morgan fingerprint density at radius 2 is 2.11 bits per heavy atom. The van der Waals surface area contributed by atoms with Gasteiger partial charge < -0.3 is 5.11 Å². The predicted molar refractivity (Wildman–Crippen MR) is 70.0 cm³/mol. The summed E-state index contributed by atoms with van der Waals surface area (Å²) >= 11 is 3.51. The molecule has 0 atom stereocenters. The Balaban J connectivity index is 2.27. The summed E-state index contributed by atoms with van der Waals surface area (Å²) in [5.41, 5.74) is 1.53. The average Bonchev–Trinajstić information content (AvgIpc) is 2.80. The zero-order chi connectivity index (χ0) is 13.5. The van der Waals surface area contributed by atoms with Crippen LogP contribution in [0.1, 0.15) is 30.9 Å². The smallest absolute Gasteiger partial charge is 0.114 e. The van der Waals surface area contributed by atoms with E-state index in [0.717, 1.165) is 15.9 Å². The van der Waals surface area contributed by atoms with Crippen molar-refractivity contribution in [2.75, 3.05) is 0 Å². The molecule has 0 aliphatic rings. The third-order valence-electron chi connectivity index (χ3n) is 2.74. The van der Waals surface area contributed by atoms with Gasteiger partial charge in [0.15, 0.2) is 0 Å². The van der Waals surface area contributed by atoms with Gasteiger partial charge in [0, 0.05) is 7.05 Å². The summed E-state index contributed by atoms with van der Waals surface area (Å²) in [5, 5.41) is 22.1. The van der Waals surface area contributed by atoms with E-state index in [1.165, 1.54) is 0 Å². The molecule has 2 rings (SSSR count). The summed E-state index contributed by atoms with van der Waals surface area (Å²) < 4.78 is 4.48. The van der Waals surface area contributed by atoms with Gasteiger partial charge in [-0.15, -0.1) is 5.10 Å². The minimum absolute atomic E-state index is 0.553. The average molecular weight is 314 g/mol. The van der Waals surface area contributed by atoms with Gasteiger partial charge in [-0.05, 0) is 36.7 Å². The summed E-state index contributed by atoms with van der Waals surface area (Å²) in [6.07, 6.45) is 1.74. The predicted octanol–water partition coefficient (Wildman–Crippen LogP) is 1.36. The molecule has 0 radical (unpaired) electrons. The van der Waals surface area contributed by atoms with Crippen LogP contribution in [0.2, 0.25) is 0 Å². The molecule has 0 aliphatic heterocycles. The zero-order valence-corrected chi connectivity index (χ0v) is 12.4. The van der Waals surface area contributed by atoms with Crippen molar-refractivity contribution in [3.8, 4) is 0 Å². The lowest BCUT2D eigenvalue weighted by atomic mass is 10.1. The summed E-state index contributed by atoms with van der Waals surface area (Å²) in [6, 6.07) is 0. The number of aromatic nitrogens is 5. The van der Waals surface area contributed by atoms with Gasteiger partial charge in [-0.1, -0.05) is 5.21 Å². The quantitative estimate of drug-likeness (QED) is 0.929. The van der Waals surface area contributed by atoms with Gasteiger partial charge in [-0.25, -0.2) is 4.68 Å². The van der Waals surface area contributed by atoms with Crippen LogP contribution in [0.5, 0.6) is 0 Å². The van der Waals surface area contributed by atoms with Crippen molar-refractivity contribution in [3.63, 3.8) is 0 Å². The monoisotopic (exact) mass is 313 g/mol. The van der Waals surface area contributed by atoms with E-state index in [-0.39, 0.29) is 0 Å². The van der Waals surface area contributed by atoms with E-state index in [9.17, 15) is 5.11 Å². The highest BCUT2D eigenvalue weighted by Crippen LogP contribution is 2.21. The highest BCUT2D eigenvalue weighted by molar-refractivity contribution is 9.10. The number of hydrogen-bond acceptors (Lipinski definition) is 4. The maximum Gasteiger partial charge on any atom is 0.114 e. The van der Waals surface area contributed by atoms with E-state index < -0.39 is 5.60 Å². The molecule has 2 heterocycles. The Morgan fingerprint density at radius 3 is 2.56 bits per heavy atom. The van der Waals surface area contributed by atoms with Gasteiger partial charge in [-0.2, -0.15) is 5.10 Å². The highest BCUT2D eigenvalue weighted by atomic mass is 79.9. The van der Waals surface area contributed by atoms with Crippen LogP contribution in [0.25, 0.3) is 0 Å². The van der Waals surface area contributed by atoms with E-state index in [1.54, 1.807) is 24.7 Å². The molecule has 0 unspecified atom stereocenters. The van der Waals surface area contributed by atoms with E-state index >= 15 is 0 Å². The Morgan fingerprint density at radius 1 is 1.44 bits per heavy atom. The molecule has 0 fully saturated rings. The van der Waals surface area contributed by atoms with Crippen LogP contribution in [-0.4, -0.2) is 29.9 Å². The maximum atomic E-state index is 9.84. The van der Waals surface area contributed by atoms with E-state index in [2.05, 4.69) is 31.3 Å². The van der Waals surface area contributed by atoms with Crippen LogP contribution in [0, 0.1) is 6.92 Å². The van der Waals surface area contributed by atoms with Crippen molar-refractivity contribution in [3.05, 3.63) is 27.8 Å². The van der Waals surface area contributed by atoms with Gasteiger partial charge in [0.1, 0.15) is 11.3 Å². The number of halogens is 1. The largest absolute Gasteiger partial charge is 0.384 e. The van der Waals surface area contributed by atoms with Gasteiger partial charge in [-0.3, -0.25) is 4.68 Å². The third kappa shape index (κ3) is 2.46. The van der Waals surface area contributed by atoms with Gasteiger partial charge >= 0.3 is 0 Å². The first-order valence-corrected chi connectivity index (χ1v) is 6.39. The van der Waals surface area contributed by atoms with Crippen LogP contribution in [0.3, 0.4) is 0 Å². The SMILES string of the molecule is Cc1nn(C)c(Cn2cc(C(C)(C)O)nn2)c1Br. The first kappa shape index (κ1) is 13.2. The molecule has 7 heteroatoms. The molecule has 0 saturated heterocycles. The lowest BCUT2D eigenvalue weighted by Crippen LogP contribution is -2.15. The second kappa shape index (κ2) is 4.47. The minimum Gasteiger partial charge on any atom is -0.384 e. The Labute approximate surface area is 114 Å². The lowest BCUT2D eigenvalue weighted by molar-refractivity contribution is 0.0737. The molecule has 18 heavy (non-hydrogen) atoms. The molecule has 0 aliphatic carbocycles. The van der Waals surface area contributed by atoms with Gasteiger partial charge in [0.25, 0.3) is 0 Å². The number of nitrogens with zero attached hydrogens (tertiary/aromatic N) is 5. The molecule has 1 N–H and O–H groups in total. The van der Waals surface area contributed by atoms with Gasteiger partial charge in [0.05, 0.1) is 28.6 Å². The molecule has 0 amide bonds. The number of hydrogen-bond donors (Lipinski definition) is 1. The van der Waals surface area contributed by atoms with Crippen LogP contribution < -0.4 is 0 Å². The van der Waals surface area contributed by atoms with Crippen molar-refractivity contribution in [2.45, 2.75) is 32.9 Å². The van der Waals surface area contributed by atoms with E-state index in [1.807, 2.05) is 18.7 Å². The zero-order valence-electron chi connectivity index (χ0n) is 10.8. The molecule has 98 valence electrons. The summed E-state index contributed by atoms with van der Waals surface area (Å²) in [5.74, 6) is 0. The second-order valence-corrected chi connectivity index (χ2v) is 5.62. The van der Waals surface area contributed by atoms with Crippen molar-refractivity contribution >= 4 is 15.9 Å². The number of rotatable bonds is 3. The van der Waals surface area contributed by atoms with Crippen molar-refractivity contribution in [1.82, 2.24) is 24.8 Å². The molecule has 2 aromatic rings. The summed E-state index contributed by atoms with van der Waals surface area (Å²) in [4.78, 5) is 0. The fraction of sp³-hybridized carbons (Fsp3) is 0.545. The minimum atomic E-state index is -0.974. The van der Waals surface area contributed by atoms with E-state index in [4.69, 9.17) is 0 Å². The standard InChI is InChI=1S/C11H16BrN5O/c1-7-10(12)8(16(4)14-7)5-17-6-9(13-15-17)11(2,3)18/h6,18H,5H2,1-4H3. The molecule has 0 aromatic carbocycles. The number of aliphatic hydroxyl groups is 1. The first-order chi connectivity index (χ1) is 8.29. The normalized spacial score (nSPS) is 12.1. The Hall–Kier alpha value is -1.21. The first-order valence-electron chi connectivity index (χ1n) is 5.60. The maximum absolute atomic E-state index is 9.84. The molecule has 2 aromatic heterocycles. The molecule has 0 bridgehead atoms. The van der Waals surface area contributed by atoms with Gasteiger partial charge in [0.2, 0.25) is 0 Å². The fourth-order valence-corrected chi connectivity index (χ4v) is 2.12. The molecule has 6 nitrogen and oxygen atoms in total. The number of aryl methyl sites for hydroxylation is 2.